The van der Waals surface area contributed by atoms with E-state index in [1.807, 2.05) is 36.5 Å². The number of carbonyl (C=O) groups excluding carboxylic acids is 1. The minimum absolute atomic E-state index is 0.0559. The molecule has 1 aliphatic carbocycles. The molecule has 2 aromatic rings. The summed E-state index contributed by atoms with van der Waals surface area (Å²) in [5.74, 6) is 0.0559. The van der Waals surface area contributed by atoms with Gasteiger partial charge in [0.15, 0.2) is 5.78 Å². The Hall–Kier alpha value is -2.91. The van der Waals surface area contributed by atoms with E-state index in [0.29, 0.717) is 24.0 Å². The highest BCUT2D eigenvalue weighted by atomic mass is 16.4. The molecule has 0 unspecified atom stereocenters. The molecule has 0 aromatic heterocycles. The molecule has 0 aliphatic heterocycles. The topological polar surface area (TPSA) is 26.3 Å². The van der Waals surface area contributed by atoms with Crippen molar-refractivity contribution in [1.82, 2.24) is 0 Å². The first kappa shape index (κ1) is 20.8. The van der Waals surface area contributed by atoms with Crippen molar-refractivity contribution in [2.24, 2.45) is 0 Å². The molecular weight excluding hydrogens is 355 g/mol. The number of Topliss-reactive ketones (excluding diaryl/α,β-unsaturated/α-hetero) is 1. The predicted molar refractivity (Wildman–Crippen MR) is 121 cm³/mol. The molecule has 0 heterocycles. The molecule has 0 saturated heterocycles. The lowest BCUT2D eigenvalue weighted by Gasteiger charge is -2.24. The van der Waals surface area contributed by atoms with Crippen molar-refractivity contribution in [3.8, 4) is 0 Å². The first-order valence-electron chi connectivity index (χ1n) is 9.83. The van der Waals surface area contributed by atoms with Crippen LogP contribution in [0.3, 0.4) is 0 Å². The fourth-order valence-corrected chi connectivity index (χ4v) is 3.24. The summed E-state index contributed by atoms with van der Waals surface area (Å²) < 4.78 is 5.07. The van der Waals surface area contributed by atoms with E-state index in [2.05, 4.69) is 62.4 Å². The average molecular weight is 380 g/mol. The third-order valence-electron chi connectivity index (χ3n) is 5.00. The highest BCUT2D eigenvalue weighted by Crippen LogP contribution is 2.27. The zero-order chi connectivity index (χ0) is 20.6. The fourth-order valence-electron chi connectivity index (χ4n) is 3.24. The zero-order valence-corrected chi connectivity index (χ0v) is 17.0. The number of carbonyl (C=O) groups is 1. The molecule has 0 atom stereocenters. The smallest absolute Gasteiger partial charge is 0.283 e. The minimum Gasteiger partial charge on any atom is -0.444 e. The van der Waals surface area contributed by atoms with Crippen molar-refractivity contribution >= 4 is 26.0 Å². The van der Waals surface area contributed by atoms with Gasteiger partial charge in [0, 0.05) is 30.1 Å². The van der Waals surface area contributed by atoms with Crippen LogP contribution in [0, 0.1) is 13.8 Å². The van der Waals surface area contributed by atoms with Gasteiger partial charge >= 0.3 is 0 Å². The van der Waals surface area contributed by atoms with Gasteiger partial charge in [-0.25, -0.2) is 0 Å². The van der Waals surface area contributed by atoms with E-state index in [4.69, 9.17) is 12.7 Å². The Kier molecular flexibility index (Phi) is 7.21. The van der Waals surface area contributed by atoms with Crippen LogP contribution >= 0.6 is 0 Å². The van der Waals surface area contributed by atoms with Gasteiger partial charge in [-0.05, 0) is 25.0 Å². The van der Waals surface area contributed by atoms with Gasteiger partial charge in [-0.3, -0.25) is 4.79 Å². The van der Waals surface area contributed by atoms with Crippen molar-refractivity contribution in [2.45, 2.75) is 32.8 Å². The maximum atomic E-state index is 12.9. The Balaban J connectivity index is 1.75. The van der Waals surface area contributed by atoms with Crippen molar-refractivity contribution in [1.29, 1.82) is 0 Å². The first-order chi connectivity index (χ1) is 14.0. The summed E-state index contributed by atoms with van der Waals surface area (Å²) in [5, 5.41) is 0. The SMILES string of the molecule is [B]OC1C/C(=C\C=C\c2ccc(C)cc2)C(=O)/C(=C/C=C/c2ccc(C)cc2)C1. The van der Waals surface area contributed by atoms with Gasteiger partial charge in [-0.2, -0.15) is 0 Å². The van der Waals surface area contributed by atoms with Gasteiger partial charge < -0.3 is 4.65 Å². The van der Waals surface area contributed by atoms with Crippen LogP contribution in [0.2, 0.25) is 0 Å². The number of rotatable bonds is 5. The lowest BCUT2D eigenvalue weighted by molar-refractivity contribution is -0.113. The Morgan fingerprint density at radius 3 is 1.59 bits per heavy atom. The third-order valence-corrected chi connectivity index (χ3v) is 5.00. The second-order valence-electron chi connectivity index (χ2n) is 7.42. The van der Waals surface area contributed by atoms with Crippen LogP contribution in [-0.2, 0) is 9.45 Å². The van der Waals surface area contributed by atoms with Gasteiger partial charge in [0.2, 0.25) is 0 Å². The van der Waals surface area contributed by atoms with Crippen LogP contribution in [0.15, 0.2) is 84.0 Å². The molecule has 2 radical (unpaired) electrons. The molecule has 1 aliphatic rings. The number of ketones is 1. The number of allylic oxidation sites excluding steroid dienone is 4. The molecule has 29 heavy (non-hydrogen) atoms. The lowest BCUT2D eigenvalue weighted by atomic mass is 9.86. The standard InChI is InChI=1S/C26H25BO2/c1-19-9-13-21(14-10-19)5-3-7-23-17-25(29-27)18-24(26(23)28)8-4-6-22-15-11-20(2)12-16-22/h3-16,25H,17-18H2,1-2H3/b5-3+,6-4+,23-7+,24-8+. The second-order valence-corrected chi connectivity index (χ2v) is 7.42. The summed E-state index contributed by atoms with van der Waals surface area (Å²) in [7, 11) is 5.44. The Bertz CT molecular complexity index is 883. The molecule has 144 valence electrons. The predicted octanol–water partition coefficient (Wildman–Crippen LogP) is 5.71. The summed E-state index contributed by atoms with van der Waals surface area (Å²) in [5.41, 5.74) is 6.06. The molecule has 0 bridgehead atoms. The number of aryl methyl sites for hydroxylation is 2. The zero-order valence-electron chi connectivity index (χ0n) is 17.0. The largest absolute Gasteiger partial charge is 0.444 e. The molecule has 0 spiro atoms. The molecular formula is C26H25BO2. The van der Waals surface area contributed by atoms with Gasteiger partial charge in [-0.1, -0.05) is 96.1 Å². The monoisotopic (exact) mass is 380 g/mol. The molecule has 2 nitrogen and oxygen atoms in total. The molecule has 0 amide bonds. The van der Waals surface area contributed by atoms with Crippen LogP contribution in [0.25, 0.3) is 12.2 Å². The summed E-state index contributed by atoms with van der Waals surface area (Å²) in [4.78, 5) is 12.9. The van der Waals surface area contributed by atoms with Crippen LogP contribution < -0.4 is 0 Å². The van der Waals surface area contributed by atoms with Gasteiger partial charge in [0.1, 0.15) is 0 Å². The molecule has 3 rings (SSSR count). The molecule has 3 heteroatoms. The van der Waals surface area contributed by atoms with E-state index in [1.165, 1.54) is 11.1 Å². The van der Waals surface area contributed by atoms with Crippen molar-refractivity contribution in [3.63, 3.8) is 0 Å². The molecule has 1 saturated carbocycles. The Labute approximate surface area is 174 Å². The fraction of sp³-hybridized carbons (Fsp3) is 0.192. The maximum absolute atomic E-state index is 12.9. The van der Waals surface area contributed by atoms with E-state index in [-0.39, 0.29) is 11.9 Å². The Morgan fingerprint density at radius 2 is 1.21 bits per heavy atom. The Morgan fingerprint density at radius 1 is 0.793 bits per heavy atom. The van der Waals surface area contributed by atoms with Gasteiger partial charge in [0.25, 0.3) is 8.05 Å². The minimum atomic E-state index is -0.189. The summed E-state index contributed by atoms with van der Waals surface area (Å²) in [6.07, 6.45) is 12.4. The third kappa shape index (κ3) is 6.03. The van der Waals surface area contributed by atoms with Crippen molar-refractivity contribution < 1.29 is 9.45 Å². The maximum Gasteiger partial charge on any atom is 0.283 e. The van der Waals surface area contributed by atoms with Gasteiger partial charge in [0.05, 0.1) is 0 Å². The van der Waals surface area contributed by atoms with E-state index >= 15 is 0 Å². The number of benzene rings is 2. The van der Waals surface area contributed by atoms with Crippen molar-refractivity contribution in [2.75, 3.05) is 0 Å². The second kappa shape index (κ2) is 10.0. The normalized spacial score (nSPS) is 20.3. The molecule has 2 aromatic carbocycles. The summed E-state index contributed by atoms with van der Waals surface area (Å²) in [6, 6.07) is 16.5. The van der Waals surface area contributed by atoms with E-state index in [1.54, 1.807) is 0 Å². The first-order valence-corrected chi connectivity index (χ1v) is 9.83. The average Bonchev–Trinajstić information content (AvgIpc) is 2.73. The molecule has 1 fully saturated rings. The number of hydrogen-bond acceptors (Lipinski definition) is 2. The number of hydrogen-bond donors (Lipinski definition) is 0. The van der Waals surface area contributed by atoms with Gasteiger partial charge in [-0.15, -0.1) is 0 Å². The highest BCUT2D eigenvalue weighted by Gasteiger charge is 2.26. The quantitative estimate of drug-likeness (QED) is 0.490. The van der Waals surface area contributed by atoms with Crippen LogP contribution in [0.5, 0.6) is 0 Å². The van der Waals surface area contributed by atoms with Crippen LogP contribution in [-0.4, -0.2) is 19.9 Å². The van der Waals surface area contributed by atoms with Crippen molar-refractivity contribution in [3.05, 3.63) is 106 Å². The van der Waals surface area contributed by atoms with E-state index in [9.17, 15) is 4.79 Å². The lowest BCUT2D eigenvalue weighted by Crippen LogP contribution is -2.25. The van der Waals surface area contributed by atoms with Crippen LogP contribution in [0.1, 0.15) is 35.1 Å². The van der Waals surface area contributed by atoms with E-state index < -0.39 is 0 Å². The summed E-state index contributed by atoms with van der Waals surface area (Å²) in [6.45, 7) is 4.12. The summed E-state index contributed by atoms with van der Waals surface area (Å²) >= 11 is 0. The molecule has 0 N–H and O–H groups in total. The highest BCUT2D eigenvalue weighted by molar-refractivity contribution is 6.10. The van der Waals surface area contributed by atoms with E-state index in [0.717, 1.165) is 11.1 Å². The van der Waals surface area contributed by atoms with Crippen LogP contribution in [0.4, 0.5) is 0 Å².